The van der Waals surface area contributed by atoms with Crippen LogP contribution in [0, 0.1) is 12.8 Å². The largest absolute Gasteiger partial charge is 0.366 e. The van der Waals surface area contributed by atoms with Crippen LogP contribution in [0.4, 0.5) is 0 Å². The van der Waals surface area contributed by atoms with Gasteiger partial charge in [-0.2, -0.15) is 5.10 Å². The zero-order valence-electron chi connectivity index (χ0n) is 18.1. The first kappa shape index (κ1) is 21.6. The molecule has 5 heteroatoms. The van der Waals surface area contributed by atoms with E-state index in [9.17, 15) is 4.79 Å². The van der Waals surface area contributed by atoms with Gasteiger partial charge in [-0.3, -0.25) is 4.79 Å². The van der Waals surface area contributed by atoms with E-state index in [1.807, 2.05) is 27.8 Å². The van der Waals surface area contributed by atoms with Crippen molar-refractivity contribution in [1.82, 2.24) is 15.5 Å². The highest BCUT2D eigenvalue weighted by atomic mass is 16.5. The van der Waals surface area contributed by atoms with Crippen molar-refractivity contribution in [3.63, 3.8) is 0 Å². The number of aryl methyl sites for hydroxylation is 1. The molecular formula is C24H35N3O2. The second-order valence-electron chi connectivity index (χ2n) is 8.27. The molecule has 0 saturated carbocycles. The van der Waals surface area contributed by atoms with Crippen LogP contribution in [0.3, 0.4) is 0 Å². The second-order valence-corrected chi connectivity index (χ2v) is 8.27. The van der Waals surface area contributed by atoms with Gasteiger partial charge < -0.3 is 10.1 Å². The number of Topliss-reactive ketones (excluding diaryl/α,β-unsaturated/α-hetero) is 1. The van der Waals surface area contributed by atoms with Crippen LogP contribution < -0.4 is 5.32 Å². The highest BCUT2D eigenvalue weighted by molar-refractivity contribution is 5.81. The molecule has 1 atom stereocenters. The van der Waals surface area contributed by atoms with Crippen LogP contribution in [0.15, 0.2) is 24.3 Å². The molecule has 1 unspecified atom stereocenters. The first-order chi connectivity index (χ1) is 14.0. The van der Waals surface area contributed by atoms with Gasteiger partial charge in [0.05, 0.1) is 17.5 Å². The summed E-state index contributed by atoms with van der Waals surface area (Å²) < 4.78 is 6.17. The molecule has 1 aliphatic rings. The van der Waals surface area contributed by atoms with Crippen molar-refractivity contribution in [3.05, 3.63) is 46.6 Å². The summed E-state index contributed by atoms with van der Waals surface area (Å²) in [7, 11) is 1.95. The highest BCUT2D eigenvalue weighted by Gasteiger charge is 2.26. The Morgan fingerprint density at radius 3 is 2.66 bits per heavy atom. The Morgan fingerprint density at radius 2 is 1.97 bits per heavy atom. The SMILES string of the molecule is CNCc1ccc(-c2nnc(C)c3c2CCCCCC3OCC(=O)C(C)C)cc1.[HH]. The summed E-state index contributed by atoms with van der Waals surface area (Å²) >= 11 is 0. The molecule has 3 rings (SSSR count). The van der Waals surface area contributed by atoms with Crippen molar-refractivity contribution in [2.24, 2.45) is 5.92 Å². The highest BCUT2D eigenvalue weighted by Crippen LogP contribution is 2.36. The molecule has 0 saturated heterocycles. The van der Waals surface area contributed by atoms with Crippen molar-refractivity contribution in [2.75, 3.05) is 13.7 Å². The van der Waals surface area contributed by atoms with E-state index in [2.05, 4.69) is 39.8 Å². The summed E-state index contributed by atoms with van der Waals surface area (Å²) in [6, 6.07) is 8.53. The zero-order valence-corrected chi connectivity index (χ0v) is 18.1. The lowest BCUT2D eigenvalue weighted by molar-refractivity contribution is -0.128. The Labute approximate surface area is 175 Å². The third-order valence-corrected chi connectivity index (χ3v) is 5.69. The number of hydrogen-bond acceptors (Lipinski definition) is 5. The summed E-state index contributed by atoms with van der Waals surface area (Å²) in [4.78, 5) is 12.2. The lowest BCUT2D eigenvalue weighted by Gasteiger charge is -2.26. The van der Waals surface area contributed by atoms with Gasteiger partial charge in [0.1, 0.15) is 6.61 Å². The minimum absolute atomic E-state index is 0. The molecule has 5 nitrogen and oxygen atoms in total. The number of benzene rings is 1. The quantitative estimate of drug-likeness (QED) is 0.726. The normalized spacial score (nSPS) is 16.9. The fourth-order valence-electron chi connectivity index (χ4n) is 3.95. The summed E-state index contributed by atoms with van der Waals surface area (Å²) in [5.74, 6) is 0.139. The lowest BCUT2D eigenvalue weighted by Crippen LogP contribution is -2.20. The maximum atomic E-state index is 12.2. The zero-order chi connectivity index (χ0) is 20.8. The van der Waals surface area contributed by atoms with Gasteiger partial charge >= 0.3 is 0 Å². The number of ether oxygens (including phenoxy) is 1. The smallest absolute Gasteiger partial charge is 0.161 e. The van der Waals surface area contributed by atoms with Gasteiger partial charge in [0.15, 0.2) is 5.78 Å². The third kappa shape index (κ3) is 5.28. The molecular weight excluding hydrogens is 362 g/mol. The van der Waals surface area contributed by atoms with Gasteiger partial charge in [-0.15, -0.1) is 5.10 Å². The van der Waals surface area contributed by atoms with E-state index in [1.165, 1.54) is 17.5 Å². The molecule has 0 bridgehead atoms. The number of hydrogen-bond donors (Lipinski definition) is 1. The standard InChI is InChI=1S/C24H33N3O2.H2/c1-16(2)21(28)15-29-22-9-7-5-6-8-20-23(22)17(3)26-27-24(20)19-12-10-18(11-13-19)14-25-4;/h10-13,16,22,25H,5-9,14-15H2,1-4H3;1H. The van der Waals surface area contributed by atoms with Crippen LogP contribution in [0.5, 0.6) is 0 Å². The Bertz CT molecular complexity index is 837. The van der Waals surface area contributed by atoms with E-state index in [1.54, 1.807) is 0 Å². The van der Waals surface area contributed by atoms with Crippen LogP contribution >= 0.6 is 0 Å². The molecule has 1 heterocycles. The Hall–Kier alpha value is -2.11. The molecule has 29 heavy (non-hydrogen) atoms. The van der Waals surface area contributed by atoms with Crippen LogP contribution in [0.1, 0.15) is 69.4 Å². The van der Waals surface area contributed by atoms with E-state index < -0.39 is 0 Å². The number of ketones is 1. The second kappa shape index (κ2) is 10.1. The fourth-order valence-corrected chi connectivity index (χ4v) is 3.95. The van der Waals surface area contributed by atoms with Crippen LogP contribution in [-0.2, 0) is 22.5 Å². The number of carbonyl (C=O) groups excluding carboxylic acids is 1. The molecule has 1 aromatic carbocycles. The Balaban J connectivity index is 0.00000320. The molecule has 2 aromatic rings. The number of nitrogens with zero attached hydrogens (tertiary/aromatic N) is 2. The topological polar surface area (TPSA) is 64.1 Å². The summed E-state index contributed by atoms with van der Waals surface area (Å²) in [6.07, 6.45) is 5.21. The first-order valence-corrected chi connectivity index (χ1v) is 10.8. The molecule has 158 valence electrons. The van der Waals surface area contributed by atoms with Crippen molar-refractivity contribution in [3.8, 4) is 11.3 Å². The van der Waals surface area contributed by atoms with Gasteiger partial charge in [-0.1, -0.05) is 51.0 Å². The summed E-state index contributed by atoms with van der Waals surface area (Å²) in [5.41, 5.74) is 6.58. The van der Waals surface area contributed by atoms with Crippen molar-refractivity contribution in [1.29, 1.82) is 0 Å². The van der Waals surface area contributed by atoms with E-state index in [4.69, 9.17) is 4.74 Å². The number of carbonyl (C=O) groups is 1. The number of aromatic nitrogens is 2. The van der Waals surface area contributed by atoms with Crippen LogP contribution in [-0.4, -0.2) is 29.6 Å². The number of fused-ring (bicyclic) bond motifs is 1. The van der Waals surface area contributed by atoms with Crippen LogP contribution in [0.2, 0.25) is 0 Å². The maximum absolute atomic E-state index is 12.2. The fraction of sp³-hybridized carbons (Fsp3) is 0.542. The van der Waals surface area contributed by atoms with Gasteiger partial charge in [0.25, 0.3) is 0 Å². The molecule has 1 N–H and O–H groups in total. The predicted molar refractivity (Wildman–Crippen MR) is 118 cm³/mol. The molecule has 0 amide bonds. The Morgan fingerprint density at radius 1 is 1.21 bits per heavy atom. The first-order valence-electron chi connectivity index (χ1n) is 10.8. The lowest BCUT2D eigenvalue weighted by atomic mass is 9.88. The number of nitrogens with one attached hydrogen (secondary N) is 1. The molecule has 0 radical (unpaired) electrons. The molecule has 1 aliphatic carbocycles. The minimum Gasteiger partial charge on any atom is -0.366 e. The number of rotatable bonds is 7. The predicted octanol–water partition coefficient (Wildman–Crippen LogP) is 4.82. The monoisotopic (exact) mass is 397 g/mol. The van der Waals surface area contributed by atoms with E-state index in [0.717, 1.165) is 54.7 Å². The minimum atomic E-state index is -0.0918. The molecule has 0 aliphatic heterocycles. The van der Waals surface area contributed by atoms with Crippen LogP contribution in [0.25, 0.3) is 11.3 Å². The van der Waals surface area contributed by atoms with Crippen molar-refractivity contribution < 1.29 is 11.0 Å². The third-order valence-electron chi connectivity index (χ3n) is 5.69. The van der Waals surface area contributed by atoms with Gasteiger partial charge in [0, 0.05) is 25.0 Å². The van der Waals surface area contributed by atoms with Gasteiger partial charge in [0.2, 0.25) is 0 Å². The summed E-state index contributed by atoms with van der Waals surface area (Å²) in [6.45, 7) is 6.86. The van der Waals surface area contributed by atoms with Gasteiger partial charge in [-0.25, -0.2) is 0 Å². The van der Waals surface area contributed by atoms with Gasteiger partial charge in [-0.05, 0) is 44.4 Å². The van der Waals surface area contributed by atoms with E-state index >= 15 is 0 Å². The average molecular weight is 398 g/mol. The Kier molecular flexibility index (Phi) is 7.51. The molecule has 0 fully saturated rings. The molecule has 0 spiro atoms. The van der Waals surface area contributed by atoms with E-state index in [0.29, 0.717) is 0 Å². The van der Waals surface area contributed by atoms with E-state index in [-0.39, 0.29) is 25.8 Å². The van der Waals surface area contributed by atoms with Crippen molar-refractivity contribution in [2.45, 2.75) is 65.5 Å². The summed E-state index contributed by atoms with van der Waals surface area (Å²) in [5, 5.41) is 12.2. The molecule has 1 aromatic heterocycles. The average Bonchev–Trinajstić information content (AvgIpc) is 2.69. The maximum Gasteiger partial charge on any atom is 0.161 e. The van der Waals surface area contributed by atoms with Crippen molar-refractivity contribution >= 4 is 5.78 Å².